The first-order chi connectivity index (χ1) is 7.90. The van der Waals surface area contributed by atoms with E-state index in [0.717, 1.165) is 28.8 Å². The molecule has 0 aromatic carbocycles. The Labute approximate surface area is 118 Å². The molecule has 2 bridgehead atoms. The fourth-order valence-corrected chi connectivity index (χ4v) is 3.22. The van der Waals surface area contributed by atoms with E-state index in [1.807, 2.05) is 18.3 Å². The molecule has 18 heavy (non-hydrogen) atoms. The van der Waals surface area contributed by atoms with Gasteiger partial charge in [0.2, 0.25) is 0 Å². The van der Waals surface area contributed by atoms with Crippen LogP contribution in [0.4, 0.5) is 0 Å². The van der Waals surface area contributed by atoms with E-state index >= 15 is 0 Å². The first kappa shape index (κ1) is 13.7. The zero-order chi connectivity index (χ0) is 10.5. The number of halogens is 2. The van der Waals surface area contributed by atoms with E-state index in [1.165, 1.54) is 19.3 Å². The summed E-state index contributed by atoms with van der Waals surface area (Å²) in [6.07, 6.45) is 5.80. The number of hydrogen-bond acceptors (Lipinski definition) is 3. The Morgan fingerprint density at radius 2 is 2.17 bits per heavy atom. The van der Waals surface area contributed by atoms with Crippen molar-refractivity contribution < 1.29 is 4.42 Å². The summed E-state index contributed by atoms with van der Waals surface area (Å²) in [4.78, 5) is 4.31. The van der Waals surface area contributed by atoms with Gasteiger partial charge in [-0.2, -0.15) is 0 Å². The van der Waals surface area contributed by atoms with Crippen molar-refractivity contribution in [1.29, 1.82) is 0 Å². The van der Waals surface area contributed by atoms with Crippen molar-refractivity contribution in [3.8, 4) is 0 Å². The zero-order valence-corrected chi connectivity index (χ0v) is 11.5. The predicted molar refractivity (Wildman–Crippen MR) is 75.5 cm³/mol. The summed E-state index contributed by atoms with van der Waals surface area (Å²) in [7, 11) is 0. The summed E-state index contributed by atoms with van der Waals surface area (Å²) in [6.45, 7) is 0. The Bertz CT molecular complexity index is 510. The van der Waals surface area contributed by atoms with Crippen molar-refractivity contribution in [3.05, 3.63) is 30.2 Å². The fourth-order valence-electron chi connectivity index (χ4n) is 3.22. The van der Waals surface area contributed by atoms with Gasteiger partial charge in [-0.05, 0) is 37.3 Å². The van der Waals surface area contributed by atoms with E-state index in [4.69, 9.17) is 4.42 Å². The molecule has 2 aromatic heterocycles. The molecule has 4 rings (SSSR count). The van der Waals surface area contributed by atoms with Gasteiger partial charge < -0.3 is 9.73 Å². The van der Waals surface area contributed by atoms with Crippen LogP contribution in [-0.4, -0.2) is 11.0 Å². The minimum absolute atomic E-state index is 0. The number of rotatable bonds is 1. The van der Waals surface area contributed by atoms with Crippen LogP contribution in [0.3, 0.4) is 0 Å². The van der Waals surface area contributed by atoms with Crippen LogP contribution >= 0.6 is 24.8 Å². The third kappa shape index (κ3) is 2.00. The molecule has 0 spiro atoms. The molecular weight excluding hydrogens is 271 g/mol. The number of furan rings is 1. The third-order valence-electron chi connectivity index (χ3n) is 3.97. The largest absolute Gasteiger partial charge is 0.458 e. The van der Waals surface area contributed by atoms with Gasteiger partial charge in [0.1, 0.15) is 11.3 Å². The van der Waals surface area contributed by atoms with Gasteiger partial charge in [-0.15, -0.1) is 24.8 Å². The Morgan fingerprint density at radius 1 is 1.28 bits per heavy atom. The molecule has 2 aromatic rings. The van der Waals surface area contributed by atoms with Gasteiger partial charge in [-0.1, -0.05) is 0 Å². The quantitative estimate of drug-likeness (QED) is 0.872. The lowest BCUT2D eigenvalue weighted by Gasteiger charge is -2.20. The van der Waals surface area contributed by atoms with E-state index in [2.05, 4.69) is 16.4 Å². The third-order valence-corrected chi connectivity index (χ3v) is 3.97. The fraction of sp³-hybridized carbons (Fsp3) is 0.462. The van der Waals surface area contributed by atoms with E-state index in [1.54, 1.807) is 0 Å². The van der Waals surface area contributed by atoms with Gasteiger partial charge in [0, 0.05) is 18.3 Å². The monoisotopic (exact) mass is 286 g/mol. The number of hydrogen-bond donors (Lipinski definition) is 1. The summed E-state index contributed by atoms with van der Waals surface area (Å²) in [5.74, 6) is 1.84. The molecule has 3 nitrogen and oxygen atoms in total. The normalized spacial score (nSPS) is 29.0. The molecule has 5 heteroatoms. The summed E-state index contributed by atoms with van der Waals surface area (Å²) >= 11 is 0. The SMILES string of the molecule is Cl.Cl.c1cnc2cc([C@H]3N[C@@H]4CC[C@H]3C4)oc2c1. The molecule has 2 aliphatic rings. The van der Waals surface area contributed by atoms with Gasteiger partial charge >= 0.3 is 0 Å². The second-order valence-corrected chi connectivity index (χ2v) is 4.95. The summed E-state index contributed by atoms with van der Waals surface area (Å²) in [6, 6.07) is 7.14. The number of pyridine rings is 1. The summed E-state index contributed by atoms with van der Waals surface area (Å²) in [5.41, 5.74) is 1.88. The Balaban J connectivity index is 0.000000602. The lowest BCUT2D eigenvalue weighted by atomic mass is 9.98. The molecule has 1 saturated heterocycles. The van der Waals surface area contributed by atoms with E-state index in [9.17, 15) is 0 Å². The Kier molecular flexibility index (Phi) is 3.85. The highest BCUT2D eigenvalue weighted by Gasteiger charge is 2.41. The average Bonchev–Trinajstić information content (AvgIpc) is 3.02. The summed E-state index contributed by atoms with van der Waals surface area (Å²) in [5, 5.41) is 3.65. The number of nitrogens with one attached hydrogen (secondary N) is 1. The van der Waals surface area contributed by atoms with Crippen molar-refractivity contribution in [2.24, 2.45) is 5.92 Å². The molecule has 0 unspecified atom stereocenters. The second-order valence-electron chi connectivity index (χ2n) is 4.95. The molecule has 98 valence electrons. The van der Waals surface area contributed by atoms with Gasteiger partial charge in [0.15, 0.2) is 5.58 Å². The molecule has 3 heterocycles. The first-order valence-corrected chi connectivity index (χ1v) is 6.01. The van der Waals surface area contributed by atoms with Crippen molar-refractivity contribution in [2.75, 3.05) is 0 Å². The van der Waals surface area contributed by atoms with Crippen molar-refractivity contribution in [3.63, 3.8) is 0 Å². The van der Waals surface area contributed by atoms with Gasteiger partial charge in [-0.25, -0.2) is 0 Å². The molecule has 0 amide bonds. The van der Waals surface area contributed by atoms with E-state index in [-0.39, 0.29) is 24.8 Å². The first-order valence-electron chi connectivity index (χ1n) is 6.01. The molecule has 1 aliphatic heterocycles. The van der Waals surface area contributed by atoms with Crippen LogP contribution in [0, 0.1) is 5.92 Å². The van der Waals surface area contributed by atoms with Crippen LogP contribution in [0.5, 0.6) is 0 Å². The van der Waals surface area contributed by atoms with Crippen LogP contribution in [0.15, 0.2) is 28.8 Å². The van der Waals surface area contributed by atoms with E-state index < -0.39 is 0 Å². The number of aromatic nitrogens is 1. The molecular formula is C13H16Cl2N2O. The van der Waals surface area contributed by atoms with Gasteiger partial charge in [0.25, 0.3) is 0 Å². The maximum atomic E-state index is 5.88. The maximum absolute atomic E-state index is 5.88. The molecule has 3 atom stereocenters. The van der Waals surface area contributed by atoms with Crippen LogP contribution in [0.25, 0.3) is 11.1 Å². The lowest BCUT2D eigenvalue weighted by Crippen LogP contribution is -2.28. The molecule has 2 fully saturated rings. The average molecular weight is 287 g/mol. The second kappa shape index (κ2) is 5.08. The highest BCUT2D eigenvalue weighted by Crippen LogP contribution is 2.43. The maximum Gasteiger partial charge on any atom is 0.152 e. The van der Waals surface area contributed by atoms with Gasteiger partial charge in [0.05, 0.1) is 6.04 Å². The number of piperidine rings is 1. The van der Waals surface area contributed by atoms with Gasteiger partial charge in [-0.3, -0.25) is 4.98 Å². The van der Waals surface area contributed by atoms with Crippen molar-refractivity contribution in [2.45, 2.75) is 31.3 Å². The topological polar surface area (TPSA) is 38.1 Å². The van der Waals surface area contributed by atoms with Crippen molar-refractivity contribution >= 4 is 35.9 Å². The van der Waals surface area contributed by atoms with Crippen molar-refractivity contribution in [1.82, 2.24) is 10.3 Å². The molecule has 1 aliphatic carbocycles. The van der Waals surface area contributed by atoms with E-state index in [0.29, 0.717) is 6.04 Å². The Hall–Kier alpha value is -0.770. The van der Waals surface area contributed by atoms with Crippen LogP contribution in [-0.2, 0) is 0 Å². The zero-order valence-electron chi connectivity index (χ0n) is 9.83. The van der Waals surface area contributed by atoms with Crippen LogP contribution in [0.2, 0.25) is 0 Å². The molecule has 0 radical (unpaired) electrons. The molecule has 1 saturated carbocycles. The minimum Gasteiger partial charge on any atom is -0.458 e. The predicted octanol–water partition coefficient (Wildman–Crippen LogP) is 3.48. The minimum atomic E-state index is 0. The summed E-state index contributed by atoms with van der Waals surface area (Å²) < 4.78 is 5.88. The number of nitrogens with zero attached hydrogens (tertiary/aromatic N) is 1. The Morgan fingerprint density at radius 3 is 2.83 bits per heavy atom. The smallest absolute Gasteiger partial charge is 0.152 e. The highest BCUT2D eigenvalue weighted by atomic mass is 35.5. The molecule has 1 N–H and O–H groups in total. The highest BCUT2D eigenvalue weighted by molar-refractivity contribution is 5.85. The van der Waals surface area contributed by atoms with Crippen LogP contribution < -0.4 is 5.32 Å². The number of fused-ring (bicyclic) bond motifs is 3. The lowest BCUT2D eigenvalue weighted by molar-refractivity contribution is 0.340. The van der Waals surface area contributed by atoms with Crippen LogP contribution in [0.1, 0.15) is 31.1 Å². The standard InChI is InChI=1S/C13H14N2O.2ClH/c1-2-11-10(14-5-1)7-12(16-11)13-8-3-4-9(6-8)15-13;;/h1-2,5,7-9,13,15H,3-4,6H2;2*1H/t8-,9+,13-;;/m0../s1.